The van der Waals surface area contributed by atoms with Crippen LogP contribution in [0.25, 0.3) is 0 Å². The average Bonchev–Trinajstić information content (AvgIpc) is 2.53. The number of carbonyl (C=O) groups is 2. The first-order valence-electron chi connectivity index (χ1n) is 4.62. The van der Waals surface area contributed by atoms with Gasteiger partial charge in [-0.3, -0.25) is 4.79 Å². The first-order valence-corrected chi connectivity index (χ1v) is 4.62. The van der Waals surface area contributed by atoms with Crippen LogP contribution in [-0.4, -0.2) is 17.7 Å². The van der Waals surface area contributed by atoms with Crippen LogP contribution in [0, 0.1) is 0 Å². The molecule has 0 radical (unpaired) electrons. The monoisotopic (exact) mass is 181 g/mol. The number of hydrogen-bond acceptors (Lipinski definition) is 2. The third kappa shape index (κ3) is 3.87. The van der Waals surface area contributed by atoms with Crippen LogP contribution < -0.4 is 5.32 Å². The second kappa shape index (κ2) is 4.80. The van der Waals surface area contributed by atoms with E-state index in [1.54, 1.807) is 0 Å². The third-order valence-corrected chi connectivity index (χ3v) is 2.08. The Morgan fingerprint density at radius 3 is 2.46 bits per heavy atom. The summed E-state index contributed by atoms with van der Waals surface area (Å²) in [6.45, 7) is 1.50. The fourth-order valence-electron chi connectivity index (χ4n) is 1.32. The lowest BCUT2D eigenvalue weighted by Gasteiger charge is -2.10. The summed E-state index contributed by atoms with van der Waals surface area (Å²) in [5.74, 6) is 0.0589. The molecule has 0 bridgehead atoms. The summed E-state index contributed by atoms with van der Waals surface area (Å²) in [4.78, 5) is 21.8. The van der Waals surface area contributed by atoms with E-state index in [0.717, 1.165) is 12.8 Å². The third-order valence-electron chi connectivity index (χ3n) is 2.08. The molecule has 0 heterocycles. The van der Waals surface area contributed by atoms with E-state index in [2.05, 4.69) is 17.5 Å². The summed E-state index contributed by atoms with van der Waals surface area (Å²) in [7, 11) is 0. The Balaban J connectivity index is 2.14. The van der Waals surface area contributed by atoms with Gasteiger partial charge in [0.2, 0.25) is 5.91 Å². The molecule has 0 aromatic heterocycles. The lowest BCUT2D eigenvalue weighted by molar-refractivity contribution is -0.125. The first-order chi connectivity index (χ1) is 6.18. The Labute approximate surface area is 78.2 Å². The van der Waals surface area contributed by atoms with Crippen molar-refractivity contribution < 1.29 is 9.59 Å². The Morgan fingerprint density at radius 2 is 1.92 bits per heavy atom. The van der Waals surface area contributed by atoms with E-state index in [4.69, 9.17) is 0 Å². The molecule has 0 saturated heterocycles. The van der Waals surface area contributed by atoms with Crippen LogP contribution in [0.5, 0.6) is 0 Å². The molecule has 0 atom stereocenters. The number of ketones is 1. The van der Waals surface area contributed by atoms with Crippen molar-refractivity contribution in [2.45, 2.75) is 38.6 Å². The van der Waals surface area contributed by atoms with Gasteiger partial charge < -0.3 is 10.1 Å². The number of Topliss-reactive ketones (excluding diaryl/α,β-unsaturated/α-hetero) is 1. The zero-order valence-corrected chi connectivity index (χ0v) is 7.88. The topological polar surface area (TPSA) is 46.2 Å². The number of carbonyl (C=O) groups excluding carboxylic acids is 2. The highest BCUT2D eigenvalue weighted by Crippen LogP contribution is 2.09. The number of nitrogens with one attached hydrogen (secondary N) is 1. The number of rotatable bonds is 4. The normalized spacial score (nSPS) is 16.1. The Bertz CT molecular complexity index is 225. The molecule has 0 aliphatic heterocycles. The van der Waals surface area contributed by atoms with Gasteiger partial charge in [-0.1, -0.05) is 12.2 Å². The van der Waals surface area contributed by atoms with Crippen molar-refractivity contribution in [3.8, 4) is 0 Å². The quantitative estimate of drug-likeness (QED) is 0.662. The largest absolute Gasteiger partial charge is 0.353 e. The number of hydrogen-bond donors (Lipinski definition) is 1. The van der Waals surface area contributed by atoms with Crippen molar-refractivity contribution in [3.63, 3.8) is 0 Å². The predicted octanol–water partition coefficient (Wildman–Crippen LogP) is 1.19. The summed E-state index contributed by atoms with van der Waals surface area (Å²) in [5.41, 5.74) is 0. The summed E-state index contributed by atoms with van der Waals surface area (Å²) in [6, 6.07) is 0.263. The Morgan fingerprint density at radius 1 is 1.31 bits per heavy atom. The molecule has 1 amide bonds. The SMILES string of the molecule is CC(=O)CCC(=O)NC1CC=CC1. The summed E-state index contributed by atoms with van der Waals surface area (Å²) < 4.78 is 0. The molecule has 0 spiro atoms. The zero-order chi connectivity index (χ0) is 9.68. The molecule has 0 saturated carbocycles. The standard InChI is InChI=1S/C10H15NO2/c1-8(12)6-7-10(13)11-9-4-2-3-5-9/h2-3,9H,4-7H2,1H3,(H,11,13). The van der Waals surface area contributed by atoms with Gasteiger partial charge in [0.25, 0.3) is 0 Å². The zero-order valence-electron chi connectivity index (χ0n) is 7.88. The van der Waals surface area contributed by atoms with Crippen LogP contribution >= 0.6 is 0 Å². The highest BCUT2D eigenvalue weighted by atomic mass is 16.2. The smallest absolute Gasteiger partial charge is 0.220 e. The van der Waals surface area contributed by atoms with Crippen LogP contribution in [-0.2, 0) is 9.59 Å². The first kappa shape index (κ1) is 9.96. The summed E-state index contributed by atoms with van der Waals surface area (Å²) >= 11 is 0. The second-order valence-electron chi connectivity index (χ2n) is 3.41. The molecule has 0 unspecified atom stereocenters. The second-order valence-corrected chi connectivity index (χ2v) is 3.41. The van der Waals surface area contributed by atoms with E-state index in [1.807, 2.05) is 0 Å². The summed E-state index contributed by atoms with van der Waals surface area (Å²) in [6.07, 6.45) is 6.65. The van der Waals surface area contributed by atoms with Gasteiger partial charge in [0, 0.05) is 18.9 Å². The van der Waals surface area contributed by atoms with Crippen LogP contribution in [0.3, 0.4) is 0 Å². The minimum atomic E-state index is -0.0103. The molecule has 1 aliphatic carbocycles. The van der Waals surface area contributed by atoms with Gasteiger partial charge in [0.05, 0.1) is 0 Å². The van der Waals surface area contributed by atoms with Crippen LogP contribution in [0.15, 0.2) is 12.2 Å². The Hall–Kier alpha value is -1.12. The van der Waals surface area contributed by atoms with Crippen molar-refractivity contribution in [1.82, 2.24) is 5.32 Å². The molecule has 0 fully saturated rings. The Kier molecular flexibility index (Phi) is 3.68. The lowest BCUT2D eigenvalue weighted by Crippen LogP contribution is -2.32. The number of amides is 1. The van der Waals surface area contributed by atoms with Crippen LogP contribution in [0.1, 0.15) is 32.6 Å². The van der Waals surface area contributed by atoms with E-state index in [0.29, 0.717) is 12.8 Å². The van der Waals surface area contributed by atoms with E-state index in [1.165, 1.54) is 6.92 Å². The minimum Gasteiger partial charge on any atom is -0.353 e. The van der Waals surface area contributed by atoms with Gasteiger partial charge in [0.15, 0.2) is 0 Å². The van der Waals surface area contributed by atoms with Gasteiger partial charge in [-0.05, 0) is 19.8 Å². The predicted molar refractivity (Wildman–Crippen MR) is 50.2 cm³/mol. The highest BCUT2D eigenvalue weighted by Gasteiger charge is 2.12. The molecule has 1 N–H and O–H groups in total. The maximum atomic E-state index is 11.2. The molecular formula is C10H15NO2. The molecular weight excluding hydrogens is 166 g/mol. The molecule has 0 aromatic carbocycles. The van der Waals surface area contributed by atoms with E-state index < -0.39 is 0 Å². The average molecular weight is 181 g/mol. The van der Waals surface area contributed by atoms with E-state index in [-0.39, 0.29) is 17.7 Å². The molecule has 72 valence electrons. The van der Waals surface area contributed by atoms with Crippen molar-refractivity contribution in [2.24, 2.45) is 0 Å². The molecule has 3 heteroatoms. The lowest BCUT2D eigenvalue weighted by atomic mass is 10.2. The summed E-state index contributed by atoms with van der Waals surface area (Å²) in [5, 5.41) is 2.88. The maximum Gasteiger partial charge on any atom is 0.220 e. The maximum absolute atomic E-state index is 11.2. The fraction of sp³-hybridized carbons (Fsp3) is 0.600. The molecule has 1 rings (SSSR count). The molecule has 1 aliphatic rings. The molecule has 0 aromatic rings. The van der Waals surface area contributed by atoms with Crippen molar-refractivity contribution in [2.75, 3.05) is 0 Å². The van der Waals surface area contributed by atoms with Crippen LogP contribution in [0.2, 0.25) is 0 Å². The van der Waals surface area contributed by atoms with Crippen molar-refractivity contribution >= 4 is 11.7 Å². The molecule has 13 heavy (non-hydrogen) atoms. The van der Waals surface area contributed by atoms with Crippen molar-refractivity contribution in [3.05, 3.63) is 12.2 Å². The van der Waals surface area contributed by atoms with E-state index in [9.17, 15) is 9.59 Å². The van der Waals surface area contributed by atoms with Gasteiger partial charge >= 0.3 is 0 Å². The minimum absolute atomic E-state index is 0.0103. The molecule has 3 nitrogen and oxygen atoms in total. The van der Waals surface area contributed by atoms with Crippen molar-refractivity contribution in [1.29, 1.82) is 0 Å². The van der Waals surface area contributed by atoms with Gasteiger partial charge in [-0.25, -0.2) is 0 Å². The van der Waals surface area contributed by atoms with Crippen LogP contribution in [0.4, 0.5) is 0 Å². The van der Waals surface area contributed by atoms with Gasteiger partial charge in [0.1, 0.15) is 5.78 Å². The highest BCUT2D eigenvalue weighted by molar-refractivity contribution is 5.83. The van der Waals surface area contributed by atoms with E-state index >= 15 is 0 Å². The van der Waals surface area contributed by atoms with Gasteiger partial charge in [-0.2, -0.15) is 0 Å². The van der Waals surface area contributed by atoms with Gasteiger partial charge in [-0.15, -0.1) is 0 Å². The fourth-order valence-corrected chi connectivity index (χ4v) is 1.32.